The molecule has 0 aromatic rings. The molecule has 1 heterocycles. The third-order valence-corrected chi connectivity index (χ3v) is 5.75. The highest BCUT2D eigenvalue weighted by Gasteiger charge is 2.53. The number of hydrogen-bond acceptors (Lipinski definition) is 12. The third-order valence-electron chi connectivity index (χ3n) is 3.22. The molecule has 5 atom stereocenters. The fraction of sp³-hybridized carbons (Fsp3) is 0.733. The van der Waals surface area contributed by atoms with Gasteiger partial charge in [0.1, 0.15) is 12.7 Å². The molecule has 160 valence electrons. The van der Waals surface area contributed by atoms with E-state index >= 15 is 0 Å². The second-order valence-corrected chi connectivity index (χ2v) is 10.3. The van der Waals surface area contributed by atoms with Crippen molar-refractivity contribution in [2.45, 2.75) is 57.5 Å². The van der Waals surface area contributed by atoms with E-state index in [0.717, 1.165) is 34.0 Å². The topological polar surface area (TPSA) is 149 Å². The minimum atomic E-state index is -3.70. The number of hydrogen-bond donors (Lipinski definition) is 0. The van der Waals surface area contributed by atoms with Gasteiger partial charge in [-0.15, -0.1) is 0 Å². The molecule has 13 heteroatoms. The predicted octanol–water partition coefficient (Wildman–Crippen LogP) is -0.238. The molecule has 1 rings (SSSR count). The van der Waals surface area contributed by atoms with Crippen LogP contribution >= 0.6 is 10.8 Å². The van der Waals surface area contributed by atoms with E-state index in [9.17, 15) is 27.6 Å². The molecule has 0 spiro atoms. The van der Waals surface area contributed by atoms with Gasteiger partial charge in [-0.05, 0) is 0 Å². The van der Waals surface area contributed by atoms with Crippen LogP contribution in [-0.2, 0) is 51.7 Å². The Hall–Kier alpha value is -1.86. The average Bonchev–Trinajstić information content (AvgIpc) is 2.48. The molecule has 0 N–H and O–H groups in total. The molecule has 0 aromatic heterocycles. The van der Waals surface area contributed by atoms with Gasteiger partial charge in [-0.25, -0.2) is 8.42 Å². The van der Waals surface area contributed by atoms with E-state index in [1.54, 1.807) is 0 Å². The highest BCUT2D eigenvalue weighted by molar-refractivity contribution is 8.72. The second-order valence-electron chi connectivity index (χ2n) is 5.87. The zero-order chi connectivity index (χ0) is 21.6. The van der Waals surface area contributed by atoms with E-state index in [2.05, 4.69) is 0 Å². The first-order valence-electron chi connectivity index (χ1n) is 7.99. The summed E-state index contributed by atoms with van der Waals surface area (Å²) >= 11 is 0. The summed E-state index contributed by atoms with van der Waals surface area (Å²) in [7, 11) is -3.38. The summed E-state index contributed by atoms with van der Waals surface area (Å²) in [6.07, 6.45) is -4.38. The molecule has 3 unspecified atom stereocenters. The lowest BCUT2D eigenvalue weighted by Gasteiger charge is -2.43. The largest absolute Gasteiger partial charge is 0.463 e. The maximum absolute atomic E-state index is 11.8. The van der Waals surface area contributed by atoms with E-state index in [1.807, 2.05) is 0 Å². The second kappa shape index (κ2) is 10.1. The van der Waals surface area contributed by atoms with Crippen molar-refractivity contribution < 1.29 is 51.3 Å². The molecular weight excluding hydrogens is 420 g/mol. The minimum absolute atomic E-state index is 0.318. The molecule has 1 aliphatic rings. The molecule has 28 heavy (non-hydrogen) atoms. The van der Waals surface area contributed by atoms with Crippen molar-refractivity contribution in [3.8, 4) is 0 Å². The quantitative estimate of drug-likeness (QED) is 0.291. The Morgan fingerprint density at radius 2 is 1.29 bits per heavy atom. The summed E-state index contributed by atoms with van der Waals surface area (Å²) in [6, 6.07) is 0. The predicted molar refractivity (Wildman–Crippen MR) is 94.4 cm³/mol. The normalized spacial score (nSPS) is 27.4. The van der Waals surface area contributed by atoms with Crippen LogP contribution in [0.5, 0.6) is 0 Å². The number of carbonyl (C=O) groups excluding carboxylic acids is 4. The number of carbonyl (C=O) groups is 4. The molecule has 0 aliphatic carbocycles. The van der Waals surface area contributed by atoms with Gasteiger partial charge in [0.15, 0.2) is 23.7 Å². The average molecular weight is 442 g/mol. The first-order valence-corrected chi connectivity index (χ1v) is 11.3. The molecule has 0 amide bonds. The molecule has 1 fully saturated rings. The molecule has 0 saturated carbocycles. The van der Waals surface area contributed by atoms with Crippen molar-refractivity contribution >= 4 is 43.5 Å². The van der Waals surface area contributed by atoms with Crippen molar-refractivity contribution in [3.05, 3.63) is 0 Å². The van der Waals surface area contributed by atoms with Crippen LogP contribution in [-0.4, -0.2) is 75.0 Å². The van der Waals surface area contributed by atoms with E-state index in [0.29, 0.717) is 10.8 Å². The fourth-order valence-corrected chi connectivity index (χ4v) is 4.79. The van der Waals surface area contributed by atoms with Crippen molar-refractivity contribution in [3.63, 3.8) is 0 Å². The summed E-state index contributed by atoms with van der Waals surface area (Å²) in [4.78, 5) is 45.8. The Kier molecular flexibility index (Phi) is 8.70. The van der Waals surface area contributed by atoms with E-state index < -0.39 is 69.2 Å². The molecule has 1 saturated heterocycles. The van der Waals surface area contributed by atoms with Gasteiger partial charge in [-0.2, -0.15) is 0 Å². The summed E-state index contributed by atoms with van der Waals surface area (Å²) in [5.74, 6) is -3.03. The molecule has 11 nitrogen and oxygen atoms in total. The van der Waals surface area contributed by atoms with E-state index in [4.69, 9.17) is 23.7 Å². The first-order chi connectivity index (χ1) is 12.8. The minimum Gasteiger partial charge on any atom is -0.463 e. The first kappa shape index (κ1) is 24.2. The van der Waals surface area contributed by atoms with E-state index in [-0.39, 0.29) is 0 Å². The van der Waals surface area contributed by atoms with Gasteiger partial charge in [0.2, 0.25) is 8.87 Å². The lowest BCUT2D eigenvalue weighted by Crippen LogP contribution is -2.61. The van der Waals surface area contributed by atoms with Crippen LogP contribution in [0, 0.1) is 0 Å². The Labute approximate surface area is 165 Å². The van der Waals surface area contributed by atoms with Crippen LogP contribution in [0.3, 0.4) is 0 Å². The third kappa shape index (κ3) is 8.02. The smallest absolute Gasteiger partial charge is 0.303 e. The van der Waals surface area contributed by atoms with Gasteiger partial charge in [0, 0.05) is 44.7 Å². The van der Waals surface area contributed by atoms with Crippen molar-refractivity contribution in [2.24, 2.45) is 0 Å². The van der Waals surface area contributed by atoms with Crippen molar-refractivity contribution in [2.75, 3.05) is 12.9 Å². The molecule has 0 aromatic carbocycles. The lowest BCUT2D eigenvalue weighted by molar-refractivity contribution is -0.237. The van der Waals surface area contributed by atoms with Gasteiger partial charge in [0.25, 0.3) is 0 Å². The zero-order valence-electron chi connectivity index (χ0n) is 15.9. The molecular formula is C15H22O11S2. The standard InChI is InChI=1S/C15H22O11S2/c1-7(16)22-6-11-12(23-8(2)17)13(24-9(3)18)14(25-10(4)19)15(26-11)27-28(5,20)21/h11-15H,6H2,1-5H3/t11?,12-,13?,14?,15+/m1/s1. The Bertz CT molecular complexity index is 717. The van der Waals surface area contributed by atoms with Gasteiger partial charge in [-0.1, -0.05) is 0 Å². The van der Waals surface area contributed by atoms with Crippen LogP contribution in [0.1, 0.15) is 27.7 Å². The number of rotatable bonds is 7. The summed E-state index contributed by atoms with van der Waals surface area (Å²) in [5, 5.41) is 0. The number of esters is 4. The monoisotopic (exact) mass is 442 g/mol. The van der Waals surface area contributed by atoms with Crippen LogP contribution in [0.2, 0.25) is 0 Å². The molecule has 1 aliphatic heterocycles. The van der Waals surface area contributed by atoms with Gasteiger partial charge < -0.3 is 23.7 Å². The van der Waals surface area contributed by atoms with Crippen LogP contribution in [0.15, 0.2) is 0 Å². The summed E-state index contributed by atoms with van der Waals surface area (Å²) in [6.45, 7) is 3.95. The van der Waals surface area contributed by atoms with Crippen LogP contribution in [0.25, 0.3) is 0 Å². The SMILES string of the molecule is CC(=O)OCC1O[C@@H](SS(C)(=O)=O)C(OC(C)=O)C(OC(C)=O)[C@@H]1OC(C)=O. The van der Waals surface area contributed by atoms with Gasteiger partial charge >= 0.3 is 23.9 Å². The Morgan fingerprint density at radius 1 is 0.821 bits per heavy atom. The van der Waals surface area contributed by atoms with Gasteiger partial charge in [-0.3, -0.25) is 19.2 Å². The maximum atomic E-state index is 11.8. The van der Waals surface area contributed by atoms with Crippen LogP contribution in [0.4, 0.5) is 0 Å². The van der Waals surface area contributed by atoms with Crippen LogP contribution < -0.4 is 0 Å². The molecule has 0 bridgehead atoms. The lowest BCUT2D eigenvalue weighted by atomic mass is 9.99. The summed E-state index contributed by atoms with van der Waals surface area (Å²) in [5.41, 5.74) is -1.34. The Balaban J connectivity index is 3.36. The Morgan fingerprint density at radius 3 is 1.71 bits per heavy atom. The zero-order valence-corrected chi connectivity index (χ0v) is 17.5. The van der Waals surface area contributed by atoms with Crippen molar-refractivity contribution in [1.82, 2.24) is 0 Å². The summed E-state index contributed by atoms with van der Waals surface area (Å²) < 4.78 is 49.5. The van der Waals surface area contributed by atoms with Crippen molar-refractivity contribution in [1.29, 1.82) is 0 Å². The molecule has 0 radical (unpaired) electrons. The van der Waals surface area contributed by atoms with Gasteiger partial charge in [0.05, 0.1) is 0 Å². The highest BCUT2D eigenvalue weighted by Crippen LogP contribution is 2.36. The highest BCUT2D eigenvalue weighted by atomic mass is 33.1. The maximum Gasteiger partial charge on any atom is 0.303 e. The van der Waals surface area contributed by atoms with E-state index in [1.165, 1.54) is 0 Å². The fourth-order valence-electron chi connectivity index (χ4n) is 2.44. The number of ether oxygens (including phenoxy) is 5.